The number of aliphatic hydroxyl groups is 1. The van der Waals surface area contributed by atoms with Gasteiger partial charge in [0.1, 0.15) is 11.5 Å². The van der Waals surface area contributed by atoms with Crippen LogP contribution in [0.15, 0.2) is 18.2 Å². The van der Waals surface area contributed by atoms with Crippen LogP contribution in [0, 0.1) is 0 Å². The second kappa shape index (κ2) is 5.38. The molecule has 0 radical (unpaired) electrons. The first-order valence-electron chi connectivity index (χ1n) is 5.88. The molecule has 1 saturated heterocycles. The van der Waals surface area contributed by atoms with E-state index in [1.165, 1.54) is 0 Å². The Kier molecular flexibility index (Phi) is 3.86. The number of hydrogen-bond acceptors (Lipinski definition) is 4. The molecule has 1 heterocycles. The highest BCUT2D eigenvalue weighted by Crippen LogP contribution is 2.33. The van der Waals surface area contributed by atoms with Gasteiger partial charge in [-0.25, -0.2) is 0 Å². The van der Waals surface area contributed by atoms with Gasteiger partial charge in [0.2, 0.25) is 0 Å². The van der Waals surface area contributed by atoms with Gasteiger partial charge in [-0.1, -0.05) is 0 Å². The lowest BCUT2D eigenvalue weighted by Crippen LogP contribution is -2.34. The van der Waals surface area contributed by atoms with Crippen LogP contribution >= 0.6 is 0 Å². The van der Waals surface area contributed by atoms with Gasteiger partial charge in [0.05, 0.1) is 20.3 Å². The van der Waals surface area contributed by atoms with E-state index >= 15 is 0 Å². The van der Waals surface area contributed by atoms with Crippen molar-refractivity contribution in [3.63, 3.8) is 0 Å². The topological polar surface area (TPSA) is 50.7 Å². The third-order valence-corrected chi connectivity index (χ3v) is 3.19. The molecule has 0 aliphatic carbocycles. The minimum Gasteiger partial charge on any atom is -0.497 e. The Morgan fingerprint density at radius 1 is 1.29 bits per heavy atom. The Morgan fingerprint density at radius 3 is 2.76 bits per heavy atom. The SMILES string of the molecule is COc1ccc(OC)c(C2CC(O)CCN2)c1. The van der Waals surface area contributed by atoms with Gasteiger partial charge in [0.15, 0.2) is 0 Å². The molecule has 2 rings (SSSR count). The highest BCUT2D eigenvalue weighted by molar-refractivity contribution is 5.42. The fourth-order valence-corrected chi connectivity index (χ4v) is 2.25. The average Bonchev–Trinajstić information content (AvgIpc) is 2.38. The summed E-state index contributed by atoms with van der Waals surface area (Å²) in [6, 6.07) is 5.87. The smallest absolute Gasteiger partial charge is 0.123 e. The molecule has 2 N–H and O–H groups in total. The van der Waals surface area contributed by atoms with Gasteiger partial charge in [0.25, 0.3) is 0 Å². The molecule has 1 aromatic rings. The molecule has 0 bridgehead atoms. The number of methoxy groups -OCH3 is 2. The summed E-state index contributed by atoms with van der Waals surface area (Å²) in [4.78, 5) is 0. The molecule has 0 saturated carbocycles. The second-order valence-electron chi connectivity index (χ2n) is 4.29. The third kappa shape index (κ3) is 2.70. The molecule has 1 aromatic carbocycles. The molecule has 0 spiro atoms. The Morgan fingerprint density at radius 2 is 2.12 bits per heavy atom. The lowest BCUT2D eigenvalue weighted by atomic mass is 9.94. The Hall–Kier alpha value is -1.26. The number of aliphatic hydroxyl groups excluding tert-OH is 1. The normalized spacial score (nSPS) is 24.4. The molecule has 0 amide bonds. The molecule has 1 aliphatic heterocycles. The van der Waals surface area contributed by atoms with E-state index in [4.69, 9.17) is 9.47 Å². The predicted molar refractivity (Wildman–Crippen MR) is 65.5 cm³/mol. The minimum atomic E-state index is -0.239. The standard InChI is InChI=1S/C13H19NO3/c1-16-10-3-4-13(17-2)11(8-10)12-7-9(15)5-6-14-12/h3-4,8-9,12,14-15H,5-7H2,1-2H3. The van der Waals surface area contributed by atoms with Crippen LogP contribution in [0.2, 0.25) is 0 Å². The van der Waals surface area contributed by atoms with E-state index < -0.39 is 0 Å². The molecule has 0 aromatic heterocycles. The van der Waals surface area contributed by atoms with E-state index in [0.717, 1.165) is 30.0 Å². The van der Waals surface area contributed by atoms with Gasteiger partial charge in [0, 0.05) is 11.6 Å². The lowest BCUT2D eigenvalue weighted by Gasteiger charge is -2.28. The van der Waals surface area contributed by atoms with Gasteiger partial charge >= 0.3 is 0 Å². The number of rotatable bonds is 3. The van der Waals surface area contributed by atoms with Gasteiger partial charge in [-0.2, -0.15) is 0 Å². The fraction of sp³-hybridized carbons (Fsp3) is 0.538. The van der Waals surface area contributed by atoms with Gasteiger partial charge < -0.3 is 19.9 Å². The van der Waals surface area contributed by atoms with Crippen molar-refractivity contribution in [2.75, 3.05) is 20.8 Å². The van der Waals surface area contributed by atoms with Crippen LogP contribution < -0.4 is 14.8 Å². The van der Waals surface area contributed by atoms with Crippen molar-refractivity contribution in [2.45, 2.75) is 25.0 Å². The Balaban J connectivity index is 2.27. The van der Waals surface area contributed by atoms with E-state index in [-0.39, 0.29) is 12.1 Å². The summed E-state index contributed by atoms with van der Waals surface area (Å²) in [6.45, 7) is 0.826. The molecule has 1 fully saturated rings. The van der Waals surface area contributed by atoms with Gasteiger partial charge in [-0.3, -0.25) is 0 Å². The molecular formula is C13H19NO3. The zero-order valence-corrected chi connectivity index (χ0v) is 10.3. The van der Waals surface area contributed by atoms with Crippen LogP contribution in [0.5, 0.6) is 11.5 Å². The maximum absolute atomic E-state index is 9.72. The highest BCUT2D eigenvalue weighted by Gasteiger charge is 2.23. The molecule has 1 aliphatic rings. The summed E-state index contributed by atoms with van der Waals surface area (Å²) in [7, 11) is 3.30. The fourth-order valence-electron chi connectivity index (χ4n) is 2.25. The van der Waals surface area contributed by atoms with Crippen LogP contribution in [-0.2, 0) is 0 Å². The van der Waals surface area contributed by atoms with Crippen LogP contribution in [0.25, 0.3) is 0 Å². The Labute approximate surface area is 102 Å². The average molecular weight is 237 g/mol. The van der Waals surface area contributed by atoms with Crippen LogP contribution in [0.1, 0.15) is 24.4 Å². The van der Waals surface area contributed by atoms with Crippen molar-refractivity contribution in [1.82, 2.24) is 5.32 Å². The molecule has 4 heteroatoms. The molecule has 17 heavy (non-hydrogen) atoms. The number of ether oxygens (including phenoxy) is 2. The largest absolute Gasteiger partial charge is 0.497 e. The van der Waals surface area contributed by atoms with E-state index in [1.807, 2.05) is 18.2 Å². The first-order valence-corrected chi connectivity index (χ1v) is 5.88. The van der Waals surface area contributed by atoms with Crippen molar-refractivity contribution in [2.24, 2.45) is 0 Å². The van der Waals surface area contributed by atoms with E-state index in [9.17, 15) is 5.11 Å². The third-order valence-electron chi connectivity index (χ3n) is 3.19. The van der Waals surface area contributed by atoms with Crippen molar-refractivity contribution >= 4 is 0 Å². The number of hydrogen-bond donors (Lipinski definition) is 2. The van der Waals surface area contributed by atoms with E-state index in [1.54, 1.807) is 14.2 Å². The number of piperidine rings is 1. The van der Waals surface area contributed by atoms with E-state index in [2.05, 4.69) is 5.32 Å². The summed E-state index contributed by atoms with van der Waals surface area (Å²) >= 11 is 0. The van der Waals surface area contributed by atoms with Crippen LogP contribution in [0.4, 0.5) is 0 Å². The quantitative estimate of drug-likeness (QED) is 0.836. The maximum atomic E-state index is 9.72. The zero-order valence-electron chi connectivity index (χ0n) is 10.3. The van der Waals surface area contributed by atoms with Crippen molar-refractivity contribution in [3.8, 4) is 11.5 Å². The highest BCUT2D eigenvalue weighted by atomic mass is 16.5. The summed E-state index contributed by atoms with van der Waals surface area (Å²) in [5.41, 5.74) is 1.05. The summed E-state index contributed by atoms with van der Waals surface area (Å²) in [5.74, 6) is 1.64. The second-order valence-corrected chi connectivity index (χ2v) is 4.29. The van der Waals surface area contributed by atoms with Crippen LogP contribution in [-0.4, -0.2) is 32.0 Å². The summed E-state index contributed by atoms with van der Waals surface area (Å²) < 4.78 is 10.6. The van der Waals surface area contributed by atoms with Crippen molar-refractivity contribution in [1.29, 1.82) is 0 Å². The van der Waals surface area contributed by atoms with Gasteiger partial charge in [-0.05, 0) is 37.6 Å². The van der Waals surface area contributed by atoms with Crippen LogP contribution in [0.3, 0.4) is 0 Å². The Bertz CT molecular complexity index is 381. The molecule has 2 atom stereocenters. The van der Waals surface area contributed by atoms with Gasteiger partial charge in [-0.15, -0.1) is 0 Å². The lowest BCUT2D eigenvalue weighted by molar-refractivity contribution is 0.116. The molecule has 4 nitrogen and oxygen atoms in total. The summed E-state index contributed by atoms with van der Waals surface area (Å²) in [6.07, 6.45) is 1.28. The minimum absolute atomic E-state index is 0.129. The van der Waals surface area contributed by atoms with Crippen molar-refractivity contribution in [3.05, 3.63) is 23.8 Å². The zero-order chi connectivity index (χ0) is 12.3. The molecule has 94 valence electrons. The molecule has 2 unspecified atom stereocenters. The summed E-state index contributed by atoms with van der Waals surface area (Å²) in [5, 5.41) is 13.1. The molecular weight excluding hydrogens is 218 g/mol. The number of nitrogens with one attached hydrogen (secondary N) is 1. The number of benzene rings is 1. The predicted octanol–water partition coefficient (Wildman–Crippen LogP) is 1.49. The first kappa shape index (κ1) is 12.2. The van der Waals surface area contributed by atoms with E-state index in [0.29, 0.717) is 6.42 Å². The maximum Gasteiger partial charge on any atom is 0.123 e. The first-order chi connectivity index (χ1) is 8.24. The van der Waals surface area contributed by atoms with Crippen molar-refractivity contribution < 1.29 is 14.6 Å². The monoisotopic (exact) mass is 237 g/mol.